The summed E-state index contributed by atoms with van der Waals surface area (Å²) in [6.45, 7) is 2.74. The Hall–Kier alpha value is -3.75. The smallest absolute Gasteiger partial charge is 0.325 e. The summed E-state index contributed by atoms with van der Waals surface area (Å²) >= 11 is 0. The standard InChI is InChI=1S/C19H19N3O6/c1-12-7-8-14(9-13(12)2)19(25)20-10-18(24)28-11-17(23)21-15-5-3-4-6-16(15)22(26)27/h3-9H,10-11H2,1-2H3,(H,20,25)(H,21,23). The van der Waals surface area contributed by atoms with E-state index in [0.717, 1.165) is 11.1 Å². The highest BCUT2D eigenvalue weighted by molar-refractivity contribution is 5.97. The van der Waals surface area contributed by atoms with E-state index < -0.39 is 35.9 Å². The first-order chi connectivity index (χ1) is 13.3. The number of hydrogen-bond donors (Lipinski definition) is 2. The Balaban J connectivity index is 1.80. The fourth-order valence-corrected chi connectivity index (χ4v) is 2.26. The van der Waals surface area contributed by atoms with Gasteiger partial charge in [-0.25, -0.2) is 0 Å². The summed E-state index contributed by atoms with van der Waals surface area (Å²) in [6, 6.07) is 10.7. The molecule has 0 unspecified atom stereocenters. The minimum absolute atomic E-state index is 0.00315. The summed E-state index contributed by atoms with van der Waals surface area (Å²) in [6.07, 6.45) is 0. The highest BCUT2D eigenvalue weighted by Crippen LogP contribution is 2.22. The molecule has 2 aromatic rings. The largest absolute Gasteiger partial charge is 0.454 e. The second-order valence-corrected chi connectivity index (χ2v) is 5.96. The van der Waals surface area contributed by atoms with E-state index in [1.165, 1.54) is 24.3 Å². The molecule has 9 heteroatoms. The summed E-state index contributed by atoms with van der Waals surface area (Å²) in [7, 11) is 0. The molecule has 0 aromatic heterocycles. The van der Waals surface area contributed by atoms with Gasteiger partial charge in [-0.1, -0.05) is 18.2 Å². The van der Waals surface area contributed by atoms with Gasteiger partial charge in [-0.3, -0.25) is 24.5 Å². The van der Waals surface area contributed by atoms with Crippen molar-refractivity contribution in [2.75, 3.05) is 18.5 Å². The predicted octanol–water partition coefficient (Wildman–Crippen LogP) is 2.12. The van der Waals surface area contributed by atoms with Crippen molar-refractivity contribution in [1.82, 2.24) is 5.32 Å². The van der Waals surface area contributed by atoms with Crippen molar-refractivity contribution < 1.29 is 24.0 Å². The molecule has 0 heterocycles. The molecule has 0 aliphatic heterocycles. The van der Waals surface area contributed by atoms with Crippen LogP contribution in [0.1, 0.15) is 21.5 Å². The molecule has 0 radical (unpaired) electrons. The number of carbonyl (C=O) groups excluding carboxylic acids is 3. The average Bonchev–Trinajstić information content (AvgIpc) is 2.66. The lowest BCUT2D eigenvalue weighted by atomic mass is 10.1. The van der Waals surface area contributed by atoms with Gasteiger partial charge in [0.1, 0.15) is 12.2 Å². The SMILES string of the molecule is Cc1ccc(C(=O)NCC(=O)OCC(=O)Nc2ccccc2[N+](=O)[O-])cc1C. The molecule has 0 aliphatic carbocycles. The molecule has 0 saturated carbocycles. The zero-order chi connectivity index (χ0) is 20.7. The number of ether oxygens (including phenoxy) is 1. The molecular formula is C19H19N3O6. The Morgan fingerprint density at radius 2 is 1.79 bits per heavy atom. The van der Waals surface area contributed by atoms with Crippen molar-refractivity contribution in [1.29, 1.82) is 0 Å². The number of hydrogen-bond acceptors (Lipinski definition) is 6. The number of carbonyl (C=O) groups is 3. The lowest BCUT2D eigenvalue weighted by Crippen LogP contribution is -2.32. The van der Waals surface area contributed by atoms with Crippen LogP contribution in [0.3, 0.4) is 0 Å². The van der Waals surface area contributed by atoms with Gasteiger partial charge >= 0.3 is 5.97 Å². The molecule has 0 saturated heterocycles. The van der Waals surface area contributed by atoms with Gasteiger partial charge in [-0.05, 0) is 43.2 Å². The van der Waals surface area contributed by atoms with E-state index in [4.69, 9.17) is 4.74 Å². The van der Waals surface area contributed by atoms with E-state index in [2.05, 4.69) is 10.6 Å². The van der Waals surface area contributed by atoms with Gasteiger partial charge in [0, 0.05) is 11.6 Å². The molecule has 0 bridgehead atoms. The first-order valence-electron chi connectivity index (χ1n) is 8.32. The van der Waals surface area contributed by atoms with Crippen molar-refractivity contribution in [3.05, 3.63) is 69.3 Å². The third-order valence-electron chi connectivity index (χ3n) is 3.90. The van der Waals surface area contributed by atoms with Crippen LogP contribution >= 0.6 is 0 Å². The summed E-state index contributed by atoms with van der Waals surface area (Å²) in [4.78, 5) is 45.8. The number of amides is 2. The molecule has 2 N–H and O–H groups in total. The molecule has 2 aromatic carbocycles. The molecule has 2 amide bonds. The molecule has 9 nitrogen and oxygen atoms in total. The second kappa shape index (κ2) is 9.26. The number of anilines is 1. The molecule has 0 aliphatic rings. The Morgan fingerprint density at radius 1 is 1.07 bits per heavy atom. The van der Waals surface area contributed by atoms with E-state index in [0.29, 0.717) is 5.56 Å². The monoisotopic (exact) mass is 385 g/mol. The number of nitrogens with zero attached hydrogens (tertiary/aromatic N) is 1. The Morgan fingerprint density at radius 3 is 2.46 bits per heavy atom. The third kappa shape index (κ3) is 5.63. The minimum atomic E-state index is -0.810. The molecule has 0 spiro atoms. The molecule has 0 fully saturated rings. The number of nitro benzene ring substituents is 1. The third-order valence-corrected chi connectivity index (χ3v) is 3.90. The number of benzene rings is 2. The van der Waals surface area contributed by atoms with Crippen LogP contribution in [0.15, 0.2) is 42.5 Å². The van der Waals surface area contributed by atoms with Crippen LogP contribution in [0.4, 0.5) is 11.4 Å². The summed E-state index contributed by atoms with van der Waals surface area (Å²) in [5.74, 6) is -1.98. The van der Waals surface area contributed by atoms with Crippen LogP contribution < -0.4 is 10.6 Å². The van der Waals surface area contributed by atoms with E-state index >= 15 is 0 Å². The topological polar surface area (TPSA) is 128 Å². The number of para-hydroxylation sites is 2. The quantitative estimate of drug-likeness (QED) is 0.427. The van der Waals surface area contributed by atoms with Gasteiger partial charge in [0.2, 0.25) is 0 Å². The fourth-order valence-electron chi connectivity index (χ4n) is 2.26. The Bertz CT molecular complexity index is 926. The zero-order valence-corrected chi connectivity index (χ0v) is 15.4. The molecule has 146 valence electrons. The Kier molecular flexibility index (Phi) is 6.80. The lowest BCUT2D eigenvalue weighted by Gasteiger charge is -2.08. The van der Waals surface area contributed by atoms with Crippen molar-refractivity contribution in [2.24, 2.45) is 0 Å². The van der Waals surface area contributed by atoms with Gasteiger partial charge in [0.15, 0.2) is 6.61 Å². The normalized spacial score (nSPS) is 10.1. The maximum atomic E-state index is 12.0. The van der Waals surface area contributed by atoms with Gasteiger partial charge in [0.25, 0.3) is 17.5 Å². The Labute approximate surface area is 160 Å². The predicted molar refractivity (Wildman–Crippen MR) is 101 cm³/mol. The number of aryl methyl sites for hydroxylation is 2. The lowest BCUT2D eigenvalue weighted by molar-refractivity contribution is -0.383. The fraction of sp³-hybridized carbons (Fsp3) is 0.211. The maximum Gasteiger partial charge on any atom is 0.325 e. The molecular weight excluding hydrogens is 366 g/mol. The van der Waals surface area contributed by atoms with Crippen LogP contribution in [0, 0.1) is 24.0 Å². The van der Waals surface area contributed by atoms with Crippen molar-refractivity contribution in [2.45, 2.75) is 13.8 Å². The van der Waals surface area contributed by atoms with Gasteiger partial charge in [-0.2, -0.15) is 0 Å². The van der Waals surface area contributed by atoms with Crippen molar-refractivity contribution in [3.8, 4) is 0 Å². The van der Waals surface area contributed by atoms with Crippen molar-refractivity contribution in [3.63, 3.8) is 0 Å². The van der Waals surface area contributed by atoms with E-state index in [1.807, 2.05) is 13.8 Å². The van der Waals surface area contributed by atoms with E-state index in [-0.39, 0.29) is 11.4 Å². The molecule has 28 heavy (non-hydrogen) atoms. The van der Waals surface area contributed by atoms with Crippen LogP contribution in [0.5, 0.6) is 0 Å². The highest BCUT2D eigenvalue weighted by Gasteiger charge is 2.16. The number of nitrogens with one attached hydrogen (secondary N) is 2. The van der Waals surface area contributed by atoms with Crippen LogP contribution in [-0.4, -0.2) is 35.9 Å². The summed E-state index contributed by atoms with van der Waals surface area (Å²) in [5, 5.41) is 15.6. The van der Waals surface area contributed by atoms with Crippen LogP contribution in [0.2, 0.25) is 0 Å². The van der Waals surface area contributed by atoms with Crippen LogP contribution in [0.25, 0.3) is 0 Å². The van der Waals surface area contributed by atoms with Crippen molar-refractivity contribution >= 4 is 29.2 Å². The zero-order valence-electron chi connectivity index (χ0n) is 15.4. The average molecular weight is 385 g/mol. The van der Waals surface area contributed by atoms with E-state index in [1.54, 1.807) is 18.2 Å². The van der Waals surface area contributed by atoms with Gasteiger partial charge < -0.3 is 15.4 Å². The van der Waals surface area contributed by atoms with Gasteiger partial charge in [0.05, 0.1) is 4.92 Å². The first kappa shape index (κ1) is 20.6. The van der Waals surface area contributed by atoms with Crippen LogP contribution in [-0.2, 0) is 14.3 Å². The summed E-state index contributed by atoms with van der Waals surface area (Å²) < 4.78 is 4.77. The first-order valence-corrected chi connectivity index (χ1v) is 8.32. The molecule has 0 atom stereocenters. The second-order valence-electron chi connectivity index (χ2n) is 5.96. The van der Waals surface area contributed by atoms with E-state index in [9.17, 15) is 24.5 Å². The maximum absolute atomic E-state index is 12.0. The number of nitro groups is 1. The minimum Gasteiger partial charge on any atom is -0.454 e. The number of esters is 1. The summed E-state index contributed by atoms with van der Waals surface area (Å²) in [5.41, 5.74) is 2.12. The highest BCUT2D eigenvalue weighted by atomic mass is 16.6. The number of rotatable bonds is 7. The van der Waals surface area contributed by atoms with Gasteiger partial charge in [-0.15, -0.1) is 0 Å². The molecule has 2 rings (SSSR count).